The van der Waals surface area contributed by atoms with E-state index < -0.39 is 0 Å². The van der Waals surface area contributed by atoms with Gasteiger partial charge in [0, 0.05) is 5.54 Å². The predicted molar refractivity (Wildman–Crippen MR) is 42.7 cm³/mol. The zero-order valence-electron chi connectivity index (χ0n) is 7.12. The van der Waals surface area contributed by atoms with Crippen LogP contribution in [0, 0.1) is 0 Å². The van der Waals surface area contributed by atoms with Crippen LogP contribution in [0.4, 0.5) is 0 Å². The molecule has 0 aliphatic rings. The smallest absolute Gasteiger partial charge is 0.0124 e. The van der Waals surface area contributed by atoms with Crippen LogP contribution in [-0.2, 0) is 0 Å². The SMILES string of the molecule is CCCC(C)(C)NCC. The quantitative estimate of drug-likeness (QED) is 0.613. The second-order valence-electron chi connectivity index (χ2n) is 3.16. The van der Waals surface area contributed by atoms with E-state index in [1.54, 1.807) is 0 Å². The summed E-state index contributed by atoms with van der Waals surface area (Å²) in [6, 6.07) is 0. The van der Waals surface area contributed by atoms with E-state index in [2.05, 4.69) is 33.0 Å². The van der Waals surface area contributed by atoms with Gasteiger partial charge in [0.05, 0.1) is 0 Å². The first kappa shape index (κ1) is 8.96. The van der Waals surface area contributed by atoms with Gasteiger partial charge < -0.3 is 5.32 Å². The average Bonchev–Trinajstić information content (AvgIpc) is 1.64. The highest BCUT2D eigenvalue weighted by molar-refractivity contribution is 4.74. The first-order chi connectivity index (χ1) is 4.12. The fourth-order valence-corrected chi connectivity index (χ4v) is 1.19. The molecule has 0 aliphatic heterocycles. The molecular formula is C8H19N. The summed E-state index contributed by atoms with van der Waals surface area (Å²) >= 11 is 0. The van der Waals surface area contributed by atoms with Crippen molar-refractivity contribution in [1.82, 2.24) is 5.32 Å². The molecule has 0 saturated heterocycles. The molecular weight excluding hydrogens is 110 g/mol. The summed E-state index contributed by atoms with van der Waals surface area (Å²) in [5.41, 5.74) is 0.351. The molecule has 0 fully saturated rings. The van der Waals surface area contributed by atoms with Crippen LogP contribution in [0.15, 0.2) is 0 Å². The molecule has 1 N–H and O–H groups in total. The van der Waals surface area contributed by atoms with Gasteiger partial charge in [-0.1, -0.05) is 20.3 Å². The lowest BCUT2D eigenvalue weighted by Crippen LogP contribution is -2.38. The molecule has 0 aromatic heterocycles. The number of hydrogen-bond acceptors (Lipinski definition) is 1. The molecule has 9 heavy (non-hydrogen) atoms. The molecule has 0 atom stereocenters. The summed E-state index contributed by atoms with van der Waals surface area (Å²) in [5, 5.41) is 3.42. The van der Waals surface area contributed by atoms with E-state index in [0.717, 1.165) is 6.54 Å². The maximum Gasteiger partial charge on any atom is 0.0124 e. The number of rotatable bonds is 4. The zero-order valence-corrected chi connectivity index (χ0v) is 7.12. The van der Waals surface area contributed by atoms with Crippen LogP contribution < -0.4 is 5.32 Å². The van der Waals surface area contributed by atoms with Crippen molar-refractivity contribution >= 4 is 0 Å². The van der Waals surface area contributed by atoms with Gasteiger partial charge in [-0.3, -0.25) is 0 Å². The second kappa shape index (κ2) is 3.89. The summed E-state index contributed by atoms with van der Waals surface area (Å²) in [4.78, 5) is 0. The Morgan fingerprint density at radius 3 is 2.11 bits per heavy atom. The fraction of sp³-hybridized carbons (Fsp3) is 1.00. The van der Waals surface area contributed by atoms with Crippen molar-refractivity contribution in [2.24, 2.45) is 0 Å². The molecule has 0 aliphatic carbocycles. The maximum absolute atomic E-state index is 3.42. The van der Waals surface area contributed by atoms with Crippen molar-refractivity contribution in [2.45, 2.75) is 46.1 Å². The van der Waals surface area contributed by atoms with E-state index in [1.807, 2.05) is 0 Å². The fourth-order valence-electron chi connectivity index (χ4n) is 1.19. The van der Waals surface area contributed by atoms with Crippen molar-refractivity contribution in [3.63, 3.8) is 0 Å². The van der Waals surface area contributed by atoms with E-state index in [0.29, 0.717) is 5.54 Å². The minimum Gasteiger partial charge on any atom is -0.312 e. The summed E-state index contributed by atoms with van der Waals surface area (Å²) < 4.78 is 0. The van der Waals surface area contributed by atoms with Gasteiger partial charge in [0.2, 0.25) is 0 Å². The first-order valence-electron chi connectivity index (χ1n) is 3.87. The Hall–Kier alpha value is -0.0400. The highest BCUT2D eigenvalue weighted by Gasteiger charge is 2.12. The van der Waals surface area contributed by atoms with Gasteiger partial charge in [0.15, 0.2) is 0 Å². The topological polar surface area (TPSA) is 12.0 Å². The van der Waals surface area contributed by atoms with Crippen molar-refractivity contribution < 1.29 is 0 Å². The van der Waals surface area contributed by atoms with Gasteiger partial charge in [0.25, 0.3) is 0 Å². The monoisotopic (exact) mass is 129 g/mol. The normalized spacial score (nSPS) is 12.0. The number of nitrogens with one attached hydrogen (secondary N) is 1. The molecule has 0 aromatic rings. The van der Waals surface area contributed by atoms with Crippen LogP contribution in [0.2, 0.25) is 0 Å². The highest BCUT2D eigenvalue weighted by Crippen LogP contribution is 2.09. The largest absolute Gasteiger partial charge is 0.312 e. The summed E-state index contributed by atoms with van der Waals surface area (Å²) in [6.07, 6.45) is 2.53. The van der Waals surface area contributed by atoms with Gasteiger partial charge in [0.1, 0.15) is 0 Å². The molecule has 1 heteroatoms. The third kappa shape index (κ3) is 4.46. The Morgan fingerprint density at radius 2 is 1.78 bits per heavy atom. The van der Waals surface area contributed by atoms with Gasteiger partial charge in [-0.25, -0.2) is 0 Å². The molecule has 0 amide bonds. The molecule has 1 nitrogen and oxygen atoms in total. The molecule has 0 spiro atoms. The zero-order chi connectivity index (χ0) is 7.33. The van der Waals surface area contributed by atoms with Gasteiger partial charge in [-0.2, -0.15) is 0 Å². The average molecular weight is 129 g/mol. The van der Waals surface area contributed by atoms with Crippen LogP contribution in [0.3, 0.4) is 0 Å². The van der Waals surface area contributed by atoms with Crippen molar-refractivity contribution in [3.05, 3.63) is 0 Å². The lowest BCUT2D eigenvalue weighted by Gasteiger charge is -2.24. The van der Waals surface area contributed by atoms with E-state index >= 15 is 0 Å². The summed E-state index contributed by atoms with van der Waals surface area (Å²) in [6.45, 7) is 9.95. The molecule has 0 radical (unpaired) electrons. The molecule has 0 heterocycles. The number of hydrogen-bond donors (Lipinski definition) is 1. The Morgan fingerprint density at radius 1 is 1.22 bits per heavy atom. The minimum absolute atomic E-state index is 0.351. The summed E-state index contributed by atoms with van der Waals surface area (Å²) in [5.74, 6) is 0. The van der Waals surface area contributed by atoms with E-state index in [1.165, 1.54) is 12.8 Å². The first-order valence-corrected chi connectivity index (χ1v) is 3.87. The Labute approximate surface area is 58.8 Å². The Balaban J connectivity index is 3.43. The maximum atomic E-state index is 3.42. The third-order valence-corrected chi connectivity index (χ3v) is 1.53. The van der Waals surface area contributed by atoms with Crippen molar-refractivity contribution in [2.75, 3.05) is 6.54 Å². The van der Waals surface area contributed by atoms with Crippen molar-refractivity contribution in [1.29, 1.82) is 0 Å². The lowest BCUT2D eigenvalue weighted by molar-refractivity contribution is 0.368. The van der Waals surface area contributed by atoms with Gasteiger partial charge in [-0.15, -0.1) is 0 Å². The van der Waals surface area contributed by atoms with Crippen LogP contribution in [-0.4, -0.2) is 12.1 Å². The second-order valence-corrected chi connectivity index (χ2v) is 3.16. The van der Waals surface area contributed by atoms with Crippen molar-refractivity contribution in [3.8, 4) is 0 Å². The van der Waals surface area contributed by atoms with Crippen LogP contribution in [0.1, 0.15) is 40.5 Å². The summed E-state index contributed by atoms with van der Waals surface area (Å²) in [7, 11) is 0. The van der Waals surface area contributed by atoms with E-state index in [-0.39, 0.29) is 0 Å². The standard InChI is InChI=1S/C8H19N/c1-5-7-8(3,4)9-6-2/h9H,5-7H2,1-4H3. The molecule has 0 rings (SSSR count). The minimum atomic E-state index is 0.351. The van der Waals surface area contributed by atoms with Gasteiger partial charge >= 0.3 is 0 Å². The molecule has 0 aromatic carbocycles. The molecule has 0 saturated carbocycles. The van der Waals surface area contributed by atoms with E-state index in [4.69, 9.17) is 0 Å². The lowest BCUT2D eigenvalue weighted by atomic mass is 9.99. The molecule has 56 valence electrons. The van der Waals surface area contributed by atoms with Crippen LogP contribution >= 0.6 is 0 Å². The molecule has 0 unspecified atom stereocenters. The van der Waals surface area contributed by atoms with Crippen LogP contribution in [0.25, 0.3) is 0 Å². The Bertz CT molecular complexity index is 59.0. The molecule has 0 bridgehead atoms. The highest BCUT2D eigenvalue weighted by atomic mass is 14.9. The van der Waals surface area contributed by atoms with Gasteiger partial charge in [-0.05, 0) is 26.8 Å². The third-order valence-electron chi connectivity index (χ3n) is 1.53. The Kier molecular flexibility index (Phi) is 3.87. The van der Waals surface area contributed by atoms with E-state index in [9.17, 15) is 0 Å². The predicted octanol–water partition coefficient (Wildman–Crippen LogP) is 2.17. The van der Waals surface area contributed by atoms with Crippen LogP contribution in [0.5, 0.6) is 0 Å².